The highest BCUT2D eigenvalue weighted by Gasteiger charge is 2.18. The van der Waals surface area contributed by atoms with Crippen molar-refractivity contribution >= 4 is 11.6 Å². The van der Waals surface area contributed by atoms with Gasteiger partial charge in [-0.15, -0.1) is 0 Å². The van der Waals surface area contributed by atoms with Crippen molar-refractivity contribution in [1.29, 1.82) is 0 Å². The van der Waals surface area contributed by atoms with E-state index in [0.29, 0.717) is 6.54 Å². The Bertz CT molecular complexity index is 609. The molecule has 0 bridgehead atoms. The van der Waals surface area contributed by atoms with Crippen molar-refractivity contribution in [3.63, 3.8) is 0 Å². The predicted molar refractivity (Wildman–Crippen MR) is 81.0 cm³/mol. The number of rotatable bonds is 2. The Kier molecular flexibility index (Phi) is 3.65. The summed E-state index contributed by atoms with van der Waals surface area (Å²) >= 11 is 0. The fourth-order valence-electron chi connectivity index (χ4n) is 2.74. The van der Waals surface area contributed by atoms with Gasteiger partial charge in [-0.2, -0.15) is 0 Å². The van der Waals surface area contributed by atoms with Gasteiger partial charge in [-0.05, 0) is 43.9 Å². The summed E-state index contributed by atoms with van der Waals surface area (Å²) < 4.78 is 0. The third-order valence-corrected chi connectivity index (χ3v) is 3.71. The topological polar surface area (TPSA) is 55.0 Å². The number of aromatic nitrogens is 2. The molecule has 2 N–H and O–H groups in total. The molecular weight excluding hydrogens is 248 g/mol. The molecular formula is C16H20N4. The Morgan fingerprint density at radius 3 is 2.90 bits per heavy atom. The molecule has 4 nitrogen and oxygen atoms in total. The lowest BCUT2D eigenvalue weighted by molar-refractivity contribution is 0.749. The van der Waals surface area contributed by atoms with Gasteiger partial charge in [-0.3, -0.25) is 0 Å². The van der Waals surface area contributed by atoms with Crippen LogP contribution in [-0.2, 0) is 13.0 Å². The standard InChI is InChI=1S/C16H20N4/c1-12-10-14(11-17)19-16(18-12)20-9-5-4-7-13-6-2-3-8-15(13)20/h2-3,6,8,10H,4-5,7,9,11,17H2,1H3. The number of aryl methyl sites for hydroxylation is 2. The molecule has 2 heterocycles. The van der Waals surface area contributed by atoms with Crippen molar-refractivity contribution < 1.29 is 0 Å². The van der Waals surface area contributed by atoms with Crippen molar-refractivity contribution in [2.75, 3.05) is 11.4 Å². The summed E-state index contributed by atoms with van der Waals surface area (Å²) in [4.78, 5) is 11.4. The number of anilines is 2. The first kappa shape index (κ1) is 13.1. The molecule has 0 radical (unpaired) electrons. The van der Waals surface area contributed by atoms with Crippen LogP contribution in [-0.4, -0.2) is 16.5 Å². The van der Waals surface area contributed by atoms with Crippen LogP contribution in [0, 0.1) is 6.92 Å². The van der Waals surface area contributed by atoms with Crippen LogP contribution in [0.4, 0.5) is 11.6 Å². The number of hydrogen-bond donors (Lipinski definition) is 1. The Labute approximate surface area is 119 Å². The highest BCUT2D eigenvalue weighted by molar-refractivity contribution is 5.62. The van der Waals surface area contributed by atoms with E-state index >= 15 is 0 Å². The largest absolute Gasteiger partial charge is 0.325 e. The van der Waals surface area contributed by atoms with E-state index in [1.165, 1.54) is 17.7 Å². The fraction of sp³-hybridized carbons (Fsp3) is 0.375. The Morgan fingerprint density at radius 2 is 2.05 bits per heavy atom. The average Bonchev–Trinajstić information content (AvgIpc) is 2.69. The van der Waals surface area contributed by atoms with E-state index in [1.54, 1.807) is 0 Å². The third-order valence-electron chi connectivity index (χ3n) is 3.71. The lowest BCUT2D eigenvalue weighted by Gasteiger charge is -2.23. The molecule has 0 saturated carbocycles. The molecule has 0 unspecified atom stereocenters. The molecule has 0 fully saturated rings. The second-order valence-electron chi connectivity index (χ2n) is 5.24. The highest BCUT2D eigenvalue weighted by Crippen LogP contribution is 2.30. The molecule has 3 rings (SSSR count). The second kappa shape index (κ2) is 5.59. The zero-order valence-electron chi connectivity index (χ0n) is 11.8. The molecule has 0 atom stereocenters. The van der Waals surface area contributed by atoms with Gasteiger partial charge >= 0.3 is 0 Å². The number of nitrogens with two attached hydrogens (primary N) is 1. The molecule has 4 heteroatoms. The van der Waals surface area contributed by atoms with Crippen LogP contribution in [0.5, 0.6) is 0 Å². The normalized spacial score (nSPS) is 14.8. The number of hydrogen-bond acceptors (Lipinski definition) is 4. The van der Waals surface area contributed by atoms with Crippen LogP contribution in [0.3, 0.4) is 0 Å². The van der Waals surface area contributed by atoms with E-state index in [9.17, 15) is 0 Å². The Hall–Kier alpha value is -1.94. The van der Waals surface area contributed by atoms with Crippen LogP contribution in [0.2, 0.25) is 0 Å². The van der Waals surface area contributed by atoms with Crippen molar-refractivity contribution in [2.45, 2.75) is 32.7 Å². The summed E-state index contributed by atoms with van der Waals surface area (Å²) in [5, 5.41) is 0. The molecule has 20 heavy (non-hydrogen) atoms. The van der Waals surface area contributed by atoms with Crippen LogP contribution >= 0.6 is 0 Å². The molecule has 0 spiro atoms. The first-order valence-electron chi connectivity index (χ1n) is 7.18. The van der Waals surface area contributed by atoms with E-state index in [0.717, 1.165) is 36.7 Å². The molecule has 0 aliphatic carbocycles. The van der Waals surface area contributed by atoms with E-state index in [4.69, 9.17) is 5.73 Å². The molecule has 1 aliphatic heterocycles. The van der Waals surface area contributed by atoms with Gasteiger partial charge in [0.2, 0.25) is 5.95 Å². The van der Waals surface area contributed by atoms with Crippen LogP contribution in [0.1, 0.15) is 29.8 Å². The van der Waals surface area contributed by atoms with E-state index in [2.05, 4.69) is 39.1 Å². The van der Waals surface area contributed by atoms with Gasteiger partial charge in [-0.1, -0.05) is 18.2 Å². The SMILES string of the molecule is Cc1cc(CN)nc(N2CCCCc3ccccc32)n1. The summed E-state index contributed by atoms with van der Waals surface area (Å²) in [6.07, 6.45) is 3.50. The number of nitrogens with zero attached hydrogens (tertiary/aromatic N) is 3. The zero-order valence-corrected chi connectivity index (χ0v) is 11.8. The Balaban J connectivity index is 2.07. The van der Waals surface area contributed by atoms with Gasteiger partial charge in [0.15, 0.2) is 0 Å². The lowest BCUT2D eigenvalue weighted by atomic mass is 10.1. The van der Waals surface area contributed by atoms with Gasteiger partial charge < -0.3 is 10.6 Å². The molecule has 1 aliphatic rings. The minimum absolute atomic E-state index is 0.450. The molecule has 2 aromatic rings. The average molecular weight is 268 g/mol. The van der Waals surface area contributed by atoms with Crippen LogP contribution in [0.15, 0.2) is 30.3 Å². The van der Waals surface area contributed by atoms with E-state index in [1.807, 2.05) is 13.0 Å². The zero-order chi connectivity index (χ0) is 13.9. The first-order chi connectivity index (χ1) is 9.78. The molecule has 0 saturated heterocycles. The summed E-state index contributed by atoms with van der Waals surface area (Å²) in [6, 6.07) is 10.5. The van der Waals surface area contributed by atoms with Gasteiger partial charge in [0.25, 0.3) is 0 Å². The summed E-state index contributed by atoms with van der Waals surface area (Å²) in [7, 11) is 0. The fourth-order valence-corrected chi connectivity index (χ4v) is 2.74. The van der Waals surface area contributed by atoms with Gasteiger partial charge in [0.05, 0.1) is 5.69 Å². The number of fused-ring (bicyclic) bond motifs is 1. The molecule has 0 amide bonds. The lowest BCUT2D eigenvalue weighted by Crippen LogP contribution is -2.21. The quantitative estimate of drug-likeness (QED) is 0.910. The molecule has 1 aromatic carbocycles. The van der Waals surface area contributed by atoms with Crippen molar-refractivity contribution in [1.82, 2.24) is 9.97 Å². The van der Waals surface area contributed by atoms with Crippen molar-refractivity contribution in [3.05, 3.63) is 47.3 Å². The molecule has 104 valence electrons. The minimum Gasteiger partial charge on any atom is -0.325 e. The van der Waals surface area contributed by atoms with Crippen LogP contribution < -0.4 is 10.6 Å². The van der Waals surface area contributed by atoms with Gasteiger partial charge in [0.1, 0.15) is 0 Å². The maximum atomic E-state index is 5.73. The number of benzene rings is 1. The first-order valence-corrected chi connectivity index (χ1v) is 7.18. The second-order valence-corrected chi connectivity index (χ2v) is 5.24. The van der Waals surface area contributed by atoms with E-state index < -0.39 is 0 Å². The monoisotopic (exact) mass is 268 g/mol. The number of para-hydroxylation sites is 1. The summed E-state index contributed by atoms with van der Waals surface area (Å²) in [5.41, 5.74) is 10.2. The summed E-state index contributed by atoms with van der Waals surface area (Å²) in [5.74, 6) is 0.778. The maximum Gasteiger partial charge on any atom is 0.230 e. The molecule has 1 aromatic heterocycles. The predicted octanol–water partition coefficient (Wildman–Crippen LogP) is 2.72. The Morgan fingerprint density at radius 1 is 1.20 bits per heavy atom. The van der Waals surface area contributed by atoms with Gasteiger partial charge in [-0.25, -0.2) is 9.97 Å². The van der Waals surface area contributed by atoms with Crippen molar-refractivity contribution in [2.24, 2.45) is 5.73 Å². The van der Waals surface area contributed by atoms with E-state index in [-0.39, 0.29) is 0 Å². The summed E-state index contributed by atoms with van der Waals surface area (Å²) in [6.45, 7) is 3.41. The third kappa shape index (κ3) is 2.51. The van der Waals surface area contributed by atoms with Crippen molar-refractivity contribution in [3.8, 4) is 0 Å². The highest BCUT2D eigenvalue weighted by atomic mass is 15.3. The minimum atomic E-state index is 0.450. The van der Waals surface area contributed by atoms with Gasteiger partial charge in [0, 0.05) is 24.5 Å². The maximum absolute atomic E-state index is 5.73. The smallest absolute Gasteiger partial charge is 0.230 e. The van der Waals surface area contributed by atoms with Crippen LogP contribution in [0.25, 0.3) is 0 Å².